The number of aromatic amines is 1. The van der Waals surface area contributed by atoms with Crippen molar-refractivity contribution in [1.29, 1.82) is 5.26 Å². The van der Waals surface area contributed by atoms with Crippen molar-refractivity contribution in [3.8, 4) is 6.07 Å². The van der Waals surface area contributed by atoms with Crippen LogP contribution in [0.3, 0.4) is 0 Å². The average Bonchev–Trinajstić information content (AvgIpc) is 3.17. The van der Waals surface area contributed by atoms with Gasteiger partial charge in [-0.1, -0.05) is 42.5 Å². The summed E-state index contributed by atoms with van der Waals surface area (Å²) in [5, 5.41) is 22.5. The summed E-state index contributed by atoms with van der Waals surface area (Å²) >= 11 is 0. The van der Waals surface area contributed by atoms with E-state index < -0.39 is 23.7 Å². The molecule has 1 heterocycles. The maximum absolute atomic E-state index is 12.6. The molecule has 0 bridgehead atoms. The summed E-state index contributed by atoms with van der Waals surface area (Å²) in [6.45, 7) is 2.68. The number of allylic oxidation sites excluding steroid dienone is 1. The first-order chi connectivity index (χ1) is 14.9. The van der Waals surface area contributed by atoms with E-state index in [1.54, 1.807) is 42.5 Å². The van der Waals surface area contributed by atoms with Gasteiger partial charge in [0.25, 0.3) is 0 Å². The van der Waals surface area contributed by atoms with Crippen LogP contribution in [0.2, 0.25) is 0 Å². The number of aliphatic hydroxyl groups is 1. The second kappa shape index (κ2) is 9.41. The van der Waals surface area contributed by atoms with Gasteiger partial charge in [0.05, 0.1) is 11.0 Å². The van der Waals surface area contributed by atoms with Gasteiger partial charge in [0.15, 0.2) is 17.7 Å². The number of benzene rings is 2. The van der Waals surface area contributed by atoms with Crippen LogP contribution in [0.25, 0.3) is 22.7 Å². The second-order valence-electron chi connectivity index (χ2n) is 6.67. The quantitative estimate of drug-likeness (QED) is 0.244. The van der Waals surface area contributed by atoms with Gasteiger partial charge in [-0.15, -0.1) is 0 Å². The molecule has 0 unspecified atom stereocenters. The van der Waals surface area contributed by atoms with Gasteiger partial charge < -0.3 is 20.1 Å². The number of para-hydroxylation sites is 2. The lowest BCUT2D eigenvalue weighted by Gasteiger charge is -2.15. The van der Waals surface area contributed by atoms with E-state index in [0.29, 0.717) is 16.6 Å². The number of esters is 1. The molecule has 0 aliphatic carbocycles. The van der Waals surface area contributed by atoms with E-state index in [2.05, 4.69) is 15.3 Å². The number of carbonyl (C=O) groups is 2. The predicted molar refractivity (Wildman–Crippen MR) is 115 cm³/mol. The molecule has 0 fully saturated rings. The Labute approximate surface area is 178 Å². The number of carbonyl (C=O) groups excluding carboxylic acids is 2. The topological polar surface area (TPSA) is 128 Å². The summed E-state index contributed by atoms with van der Waals surface area (Å²) in [6, 6.07) is 18.0. The van der Waals surface area contributed by atoms with Crippen molar-refractivity contribution in [3.63, 3.8) is 0 Å². The van der Waals surface area contributed by atoms with E-state index in [9.17, 15) is 20.0 Å². The molecule has 3 rings (SSSR count). The van der Waals surface area contributed by atoms with Crippen LogP contribution in [0.4, 0.5) is 0 Å². The Balaban J connectivity index is 1.86. The Bertz CT molecular complexity index is 1190. The van der Waals surface area contributed by atoms with E-state index >= 15 is 0 Å². The molecule has 0 saturated carbocycles. The summed E-state index contributed by atoms with van der Waals surface area (Å²) in [7, 11) is 0. The fourth-order valence-electron chi connectivity index (χ4n) is 2.84. The Morgan fingerprint density at radius 1 is 1.19 bits per heavy atom. The lowest BCUT2D eigenvalue weighted by Crippen LogP contribution is -2.29. The molecule has 0 radical (unpaired) electrons. The number of hydrogen-bond donors (Lipinski definition) is 3. The number of fused-ring (bicyclic) bond motifs is 1. The zero-order valence-corrected chi connectivity index (χ0v) is 16.9. The Hall–Kier alpha value is -4.38. The Kier molecular flexibility index (Phi) is 6.48. The van der Waals surface area contributed by atoms with E-state index in [1.807, 2.05) is 18.2 Å². The summed E-state index contributed by atoms with van der Waals surface area (Å²) in [6.07, 6.45) is 0.296. The minimum absolute atomic E-state index is 0.0967. The van der Waals surface area contributed by atoms with E-state index in [1.165, 1.54) is 19.9 Å². The van der Waals surface area contributed by atoms with E-state index in [0.717, 1.165) is 0 Å². The number of amides is 1. The number of aliphatic hydroxyl groups excluding tert-OH is 1. The third-order valence-corrected chi connectivity index (χ3v) is 4.30. The SMILES string of the molecule is CC(=O)N/C(=C\c1ccccc1)C(=O)O[C@H](C)/C(O)=C(\C#N)c1nc2ccccc2[nH]1. The van der Waals surface area contributed by atoms with Crippen LogP contribution in [0, 0.1) is 11.3 Å². The second-order valence-corrected chi connectivity index (χ2v) is 6.67. The summed E-state index contributed by atoms with van der Waals surface area (Å²) < 4.78 is 5.30. The molecule has 0 aliphatic rings. The highest BCUT2D eigenvalue weighted by molar-refractivity contribution is 5.97. The Morgan fingerprint density at radius 2 is 1.87 bits per heavy atom. The molecule has 0 aliphatic heterocycles. The number of aromatic nitrogens is 2. The van der Waals surface area contributed by atoms with Crippen molar-refractivity contribution in [2.24, 2.45) is 0 Å². The van der Waals surface area contributed by atoms with Gasteiger partial charge in [0.2, 0.25) is 5.91 Å². The fraction of sp³-hybridized carbons (Fsp3) is 0.130. The fourth-order valence-corrected chi connectivity index (χ4v) is 2.84. The van der Waals surface area contributed by atoms with Gasteiger partial charge in [-0.2, -0.15) is 5.26 Å². The average molecular weight is 416 g/mol. The first-order valence-electron chi connectivity index (χ1n) is 9.42. The molecule has 0 spiro atoms. The number of nitrogens with zero attached hydrogens (tertiary/aromatic N) is 2. The van der Waals surface area contributed by atoms with Crippen LogP contribution in [-0.2, 0) is 14.3 Å². The molecule has 31 heavy (non-hydrogen) atoms. The zero-order valence-electron chi connectivity index (χ0n) is 16.9. The maximum atomic E-state index is 12.6. The highest BCUT2D eigenvalue weighted by Crippen LogP contribution is 2.21. The molecule has 1 atom stereocenters. The minimum atomic E-state index is -1.16. The lowest BCUT2D eigenvalue weighted by atomic mass is 10.1. The third-order valence-electron chi connectivity index (χ3n) is 4.30. The first kappa shape index (κ1) is 21.3. The summed E-state index contributed by atoms with van der Waals surface area (Å²) in [5.74, 6) is -1.62. The van der Waals surface area contributed by atoms with Gasteiger partial charge in [-0.25, -0.2) is 9.78 Å². The standard InChI is InChI=1S/C23H20N4O4/c1-14(21(29)17(13-24)22-26-18-10-6-7-11-19(18)27-22)31-23(30)20(25-15(2)28)12-16-8-4-3-5-9-16/h3-12,14,29H,1-2H3,(H,25,28)(H,26,27)/b20-12-,21-17-/t14-/m1/s1. The number of H-pyrrole nitrogens is 1. The van der Waals surface area contributed by atoms with Gasteiger partial charge in [0, 0.05) is 6.92 Å². The Morgan fingerprint density at radius 3 is 2.52 bits per heavy atom. The highest BCUT2D eigenvalue weighted by atomic mass is 16.6. The molecule has 0 saturated heterocycles. The maximum Gasteiger partial charge on any atom is 0.355 e. The van der Waals surface area contributed by atoms with Crippen LogP contribution >= 0.6 is 0 Å². The number of ether oxygens (including phenoxy) is 1. The molecule has 156 valence electrons. The first-order valence-corrected chi connectivity index (χ1v) is 9.42. The van der Waals surface area contributed by atoms with Crippen molar-refractivity contribution in [2.75, 3.05) is 0 Å². The van der Waals surface area contributed by atoms with Crippen LogP contribution in [0.15, 0.2) is 66.1 Å². The molecule has 2 aromatic carbocycles. The highest BCUT2D eigenvalue weighted by Gasteiger charge is 2.23. The number of imidazole rings is 1. The molecule has 3 N–H and O–H groups in total. The molecule has 1 amide bonds. The van der Waals surface area contributed by atoms with Crippen molar-refractivity contribution >= 4 is 34.6 Å². The van der Waals surface area contributed by atoms with Crippen LogP contribution < -0.4 is 5.32 Å². The molecular formula is C23H20N4O4. The van der Waals surface area contributed by atoms with Gasteiger partial charge in [0.1, 0.15) is 17.3 Å². The van der Waals surface area contributed by atoms with Gasteiger partial charge in [-0.3, -0.25) is 4.79 Å². The third kappa shape index (κ3) is 5.16. The van der Waals surface area contributed by atoms with Crippen molar-refractivity contribution in [1.82, 2.24) is 15.3 Å². The van der Waals surface area contributed by atoms with Crippen molar-refractivity contribution < 1.29 is 19.4 Å². The smallest absolute Gasteiger partial charge is 0.355 e. The minimum Gasteiger partial charge on any atom is -0.507 e. The van der Waals surface area contributed by atoms with E-state index in [4.69, 9.17) is 4.74 Å². The summed E-state index contributed by atoms with van der Waals surface area (Å²) in [5.41, 5.74) is 1.75. The molecule has 8 heteroatoms. The molecule has 3 aromatic rings. The van der Waals surface area contributed by atoms with Crippen LogP contribution in [0.5, 0.6) is 0 Å². The molecule has 8 nitrogen and oxygen atoms in total. The number of rotatable bonds is 6. The van der Waals surface area contributed by atoms with Gasteiger partial charge >= 0.3 is 5.97 Å². The summed E-state index contributed by atoms with van der Waals surface area (Å²) in [4.78, 5) is 31.4. The number of nitrogens with one attached hydrogen (secondary N) is 2. The number of hydrogen-bond acceptors (Lipinski definition) is 6. The van der Waals surface area contributed by atoms with E-state index in [-0.39, 0.29) is 17.1 Å². The normalized spacial score (nSPS) is 13.1. The van der Waals surface area contributed by atoms with Gasteiger partial charge in [-0.05, 0) is 30.7 Å². The zero-order chi connectivity index (χ0) is 22.4. The monoisotopic (exact) mass is 416 g/mol. The van der Waals surface area contributed by atoms with Crippen molar-refractivity contribution in [3.05, 3.63) is 77.4 Å². The van der Waals surface area contributed by atoms with Crippen molar-refractivity contribution in [2.45, 2.75) is 20.0 Å². The largest absolute Gasteiger partial charge is 0.507 e. The molecule has 1 aromatic heterocycles. The predicted octanol–water partition coefficient (Wildman–Crippen LogP) is 3.46. The lowest BCUT2D eigenvalue weighted by molar-refractivity contribution is -0.144. The van der Waals surface area contributed by atoms with Crippen LogP contribution in [-0.4, -0.2) is 33.1 Å². The van der Waals surface area contributed by atoms with Crippen LogP contribution in [0.1, 0.15) is 25.2 Å². The number of nitriles is 1. The molecular weight excluding hydrogens is 396 g/mol.